The van der Waals surface area contributed by atoms with E-state index in [0.29, 0.717) is 27.9 Å². The Hall–Kier alpha value is -4.45. The quantitative estimate of drug-likeness (QED) is 0.281. The molecule has 0 saturated heterocycles. The van der Waals surface area contributed by atoms with Crippen LogP contribution in [0.4, 0.5) is 5.69 Å². The summed E-state index contributed by atoms with van der Waals surface area (Å²) in [4.78, 5) is 25.1. The number of aromatic carboxylic acids is 1. The second-order valence-corrected chi connectivity index (χ2v) is 7.01. The van der Waals surface area contributed by atoms with E-state index in [-0.39, 0.29) is 17.3 Å². The fourth-order valence-electron chi connectivity index (χ4n) is 3.57. The van der Waals surface area contributed by atoms with Gasteiger partial charge in [0.25, 0.3) is 5.91 Å². The molecule has 152 valence electrons. The molecule has 5 N–H and O–H groups in total. The monoisotopic (exact) mass is 409 g/mol. The molecule has 0 bridgehead atoms. The van der Waals surface area contributed by atoms with Gasteiger partial charge in [-0.15, -0.1) is 0 Å². The second-order valence-electron chi connectivity index (χ2n) is 7.01. The van der Waals surface area contributed by atoms with Crippen LogP contribution in [-0.4, -0.2) is 22.8 Å². The Morgan fingerprint density at radius 2 is 1.48 bits per heavy atom. The number of benzene rings is 4. The molecule has 0 unspecified atom stereocenters. The first-order chi connectivity index (χ1) is 15.0. The van der Waals surface area contributed by atoms with E-state index in [1.807, 2.05) is 24.3 Å². The number of carboxylic acids is 1. The van der Waals surface area contributed by atoms with Crippen LogP contribution in [-0.2, 0) is 0 Å². The maximum atomic E-state index is 13.1. The van der Waals surface area contributed by atoms with Gasteiger partial charge in [0.15, 0.2) is 0 Å². The van der Waals surface area contributed by atoms with Crippen molar-refractivity contribution in [1.82, 2.24) is 0 Å². The van der Waals surface area contributed by atoms with Crippen LogP contribution in [0.5, 0.6) is 0 Å². The number of carboxylic acid groups (broad SMARTS) is 1. The smallest absolute Gasteiger partial charge is 0.336 e. The Bertz CT molecular complexity index is 1330. The summed E-state index contributed by atoms with van der Waals surface area (Å²) in [6.45, 7) is 0. The van der Waals surface area contributed by atoms with Gasteiger partial charge in [0.05, 0.1) is 5.56 Å². The lowest BCUT2D eigenvalue weighted by Crippen LogP contribution is -2.15. The first-order valence-electron chi connectivity index (χ1n) is 9.56. The standard InChI is InChI=1S/C25H19N3O3/c26-23(27)16-9-12-17(13-10-16)28-24(29)20-8-4-3-7-19(20)22-18-6-2-1-5-15(18)11-14-21(22)25(30)31/h1-14H,(H3,26,27)(H,28,29)(H,30,31). The second kappa shape index (κ2) is 8.12. The highest BCUT2D eigenvalue weighted by molar-refractivity contribution is 6.14. The lowest BCUT2D eigenvalue weighted by molar-refractivity contribution is 0.0697. The molecule has 4 rings (SSSR count). The van der Waals surface area contributed by atoms with Crippen molar-refractivity contribution in [3.8, 4) is 11.1 Å². The molecule has 0 aliphatic heterocycles. The van der Waals surface area contributed by atoms with Crippen molar-refractivity contribution >= 4 is 34.2 Å². The predicted octanol–water partition coefficient (Wildman–Crippen LogP) is 4.74. The van der Waals surface area contributed by atoms with E-state index in [4.69, 9.17) is 11.1 Å². The number of hydrogen-bond acceptors (Lipinski definition) is 3. The van der Waals surface area contributed by atoms with E-state index in [2.05, 4.69) is 5.32 Å². The number of nitrogens with one attached hydrogen (secondary N) is 2. The summed E-state index contributed by atoms with van der Waals surface area (Å²) in [7, 11) is 0. The molecule has 0 fully saturated rings. The molecule has 1 amide bonds. The molecule has 6 heteroatoms. The summed E-state index contributed by atoms with van der Waals surface area (Å²) < 4.78 is 0. The predicted molar refractivity (Wildman–Crippen MR) is 122 cm³/mol. The van der Waals surface area contributed by atoms with Gasteiger partial charge in [0, 0.05) is 22.4 Å². The summed E-state index contributed by atoms with van der Waals surface area (Å²) in [5.41, 5.74) is 8.10. The van der Waals surface area contributed by atoms with E-state index in [1.165, 1.54) is 0 Å². The Balaban J connectivity index is 1.81. The zero-order valence-electron chi connectivity index (χ0n) is 16.4. The van der Waals surface area contributed by atoms with Crippen molar-refractivity contribution in [2.24, 2.45) is 5.73 Å². The third-order valence-corrected chi connectivity index (χ3v) is 5.05. The Labute approximate surface area is 178 Å². The van der Waals surface area contributed by atoms with Gasteiger partial charge in [0.2, 0.25) is 0 Å². The Kier molecular flexibility index (Phi) is 5.20. The molecule has 0 spiro atoms. The highest BCUT2D eigenvalue weighted by atomic mass is 16.4. The number of anilines is 1. The topological polar surface area (TPSA) is 116 Å². The minimum absolute atomic E-state index is 0.0552. The highest BCUT2D eigenvalue weighted by Crippen LogP contribution is 2.35. The zero-order valence-corrected chi connectivity index (χ0v) is 16.4. The van der Waals surface area contributed by atoms with Crippen molar-refractivity contribution in [2.75, 3.05) is 5.32 Å². The van der Waals surface area contributed by atoms with E-state index >= 15 is 0 Å². The van der Waals surface area contributed by atoms with Gasteiger partial charge >= 0.3 is 5.97 Å². The van der Waals surface area contributed by atoms with E-state index in [1.54, 1.807) is 60.7 Å². The molecule has 4 aromatic carbocycles. The van der Waals surface area contributed by atoms with Gasteiger partial charge in [-0.1, -0.05) is 48.5 Å². The number of amidine groups is 1. The fourth-order valence-corrected chi connectivity index (χ4v) is 3.57. The number of nitrogens with two attached hydrogens (primary N) is 1. The van der Waals surface area contributed by atoms with E-state index in [0.717, 1.165) is 10.8 Å². The third kappa shape index (κ3) is 3.86. The number of fused-ring (bicyclic) bond motifs is 1. The minimum Gasteiger partial charge on any atom is -0.478 e. The number of carbonyl (C=O) groups excluding carboxylic acids is 1. The van der Waals surface area contributed by atoms with Crippen LogP contribution in [0.15, 0.2) is 84.9 Å². The molecule has 0 saturated carbocycles. The Morgan fingerprint density at radius 1 is 0.806 bits per heavy atom. The fraction of sp³-hybridized carbons (Fsp3) is 0. The molecule has 0 heterocycles. The molecule has 0 atom stereocenters. The van der Waals surface area contributed by atoms with Crippen LogP contribution in [0.2, 0.25) is 0 Å². The van der Waals surface area contributed by atoms with Crippen LogP contribution in [0.1, 0.15) is 26.3 Å². The largest absolute Gasteiger partial charge is 0.478 e. The van der Waals surface area contributed by atoms with Gasteiger partial charge in [0.1, 0.15) is 5.84 Å². The maximum absolute atomic E-state index is 13.1. The average Bonchev–Trinajstić information content (AvgIpc) is 2.78. The van der Waals surface area contributed by atoms with Gasteiger partial charge in [-0.25, -0.2) is 4.79 Å². The maximum Gasteiger partial charge on any atom is 0.336 e. The van der Waals surface area contributed by atoms with Crippen LogP contribution in [0.25, 0.3) is 21.9 Å². The summed E-state index contributed by atoms with van der Waals surface area (Å²) in [5, 5.41) is 21.7. The lowest BCUT2D eigenvalue weighted by Gasteiger charge is -2.15. The number of carbonyl (C=O) groups is 2. The molecular weight excluding hydrogens is 390 g/mol. The van der Waals surface area contributed by atoms with Crippen molar-refractivity contribution in [1.29, 1.82) is 5.41 Å². The van der Waals surface area contributed by atoms with Crippen molar-refractivity contribution < 1.29 is 14.7 Å². The third-order valence-electron chi connectivity index (χ3n) is 5.05. The van der Waals surface area contributed by atoms with Gasteiger partial charge in [-0.3, -0.25) is 10.2 Å². The number of rotatable bonds is 5. The summed E-state index contributed by atoms with van der Waals surface area (Å²) >= 11 is 0. The van der Waals surface area contributed by atoms with Crippen LogP contribution < -0.4 is 11.1 Å². The normalized spacial score (nSPS) is 10.6. The van der Waals surface area contributed by atoms with E-state index in [9.17, 15) is 14.7 Å². The number of hydrogen-bond donors (Lipinski definition) is 4. The van der Waals surface area contributed by atoms with Crippen molar-refractivity contribution in [3.05, 3.63) is 102 Å². The summed E-state index contributed by atoms with van der Waals surface area (Å²) in [5.74, 6) is -1.48. The van der Waals surface area contributed by atoms with Gasteiger partial charge in [-0.2, -0.15) is 0 Å². The summed E-state index contributed by atoms with van der Waals surface area (Å²) in [6.07, 6.45) is 0. The molecule has 31 heavy (non-hydrogen) atoms. The van der Waals surface area contributed by atoms with Crippen molar-refractivity contribution in [3.63, 3.8) is 0 Å². The molecule has 0 aliphatic rings. The first kappa shape index (κ1) is 19.8. The zero-order chi connectivity index (χ0) is 22.0. The first-order valence-corrected chi connectivity index (χ1v) is 9.56. The highest BCUT2D eigenvalue weighted by Gasteiger charge is 2.20. The van der Waals surface area contributed by atoms with Crippen LogP contribution in [0.3, 0.4) is 0 Å². The molecule has 0 aliphatic carbocycles. The molecule has 4 aromatic rings. The van der Waals surface area contributed by atoms with Crippen LogP contribution >= 0.6 is 0 Å². The molecule has 0 aromatic heterocycles. The summed E-state index contributed by atoms with van der Waals surface area (Å²) in [6, 6.07) is 24.4. The number of nitrogen functional groups attached to an aromatic ring is 1. The molecule has 0 radical (unpaired) electrons. The van der Waals surface area contributed by atoms with E-state index < -0.39 is 5.97 Å². The van der Waals surface area contributed by atoms with Crippen LogP contribution in [0, 0.1) is 5.41 Å². The average molecular weight is 409 g/mol. The molecular formula is C25H19N3O3. The molecule has 6 nitrogen and oxygen atoms in total. The number of amides is 1. The van der Waals surface area contributed by atoms with Gasteiger partial charge in [-0.05, 0) is 52.7 Å². The Morgan fingerprint density at radius 3 is 2.19 bits per heavy atom. The SMILES string of the molecule is N=C(N)c1ccc(NC(=O)c2ccccc2-c2c(C(=O)O)ccc3ccccc23)cc1. The van der Waals surface area contributed by atoms with Gasteiger partial charge < -0.3 is 16.2 Å². The minimum atomic E-state index is -1.06. The van der Waals surface area contributed by atoms with Crippen molar-refractivity contribution in [2.45, 2.75) is 0 Å². The lowest BCUT2D eigenvalue weighted by atomic mass is 9.90.